The fraction of sp³-hybridized carbons (Fsp3) is 0.231. The van der Waals surface area contributed by atoms with Crippen molar-refractivity contribution in [3.8, 4) is 0 Å². The van der Waals surface area contributed by atoms with Gasteiger partial charge in [0.1, 0.15) is 0 Å². The lowest BCUT2D eigenvalue weighted by Crippen LogP contribution is -2.34. The molecule has 0 radical (unpaired) electrons. The quantitative estimate of drug-likeness (QED) is 0.801. The summed E-state index contributed by atoms with van der Waals surface area (Å²) >= 11 is 1.51. The molecule has 1 heterocycles. The molecule has 0 aliphatic rings. The van der Waals surface area contributed by atoms with Gasteiger partial charge >= 0.3 is 0 Å². The Balaban J connectivity index is 0.00000180. The lowest BCUT2D eigenvalue weighted by molar-refractivity contribution is -0.117. The molecular weight excluding hydrogens is 282 g/mol. The number of H-pyrrole nitrogens is 1. The summed E-state index contributed by atoms with van der Waals surface area (Å²) in [6, 6.07) is 9.36. The second kappa shape index (κ2) is 7.99. The number of ketones is 1. The first-order valence-corrected chi connectivity index (χ1v) is 6.67. The Morgan fingerprint density at radius 1 is 1.37 bits per heavy atom. The number of Topliss-reactive ketones (excluding diaryl/α,β-unsaturated/α-hetero) is 1. The Morgan fingerprint density at radius 3 is 2.74 bits per heavy atom. The predicted molar refractivity (Wildman–Crippen MR) is 79.7 cm³/mol. The maximum atomic E-state index is 11.9. The third kappa shape index (κ3) is 5.06. The molecule has 1 aromatic carbocycles. The van der Waals surface area contributed by atoms with E-state index < -0.39 is 6.04 Å². The van der Waals surface area contributed by atoms with Crippen LogP contribution in [0.1, 0.15) is 5.69 Å². The van der Waals surface area contributed by atoms with Crippen LogP contribution in [-0.2, 0) is 11.2 Å². The van der Waals surface area contributed by atoms with Gasteiger partial charge in [-0.15, -0.1) is 24.2 Å². The number of carbonyl (C=O) groups excluding carboxylic acids is 1. The molecule has 0 spiro atoms. The van der Waals surface area contributed by atoms with Crippen molar-refractivity contribution in [2.45, 2.75) is 17.4 Å². The van der Waals surface area contributed by atoms with Crippen molar-refractivity contribution in [2.24, 2.45) is 5.73 Å². The Bertz CT molecular complexity index is 490. The molecule has 0 unspecified atom stereocenters. The molecule has 19 heavy (non-hydrogen) atoms. The standard InChI is InChI=1S/C13H15N3OS.ClH/c14-12(6-10-7-15-9-16-10)13(17)8-18-11-4-2-1-3-5-11;/h1-5,7,9,12H,6,8,14H2,(H,15,16);1H/t12-;/m0./s1. The van der Waals surface area contributed by atoms with E-state index in [-0.39, 0.29) is 18.2 Å². The van der Waals surface area contributed by atoms with Crippen molar-refractivity contribution in [1.29, 1.82) is 0 Å². The van der Waals surface area contributed by atoms with Crippen LogP contribution >= 0.6 is 24.2 Å². The first kappa shape index (κ1) is 15.8. The molecule has 0 fully saturated rings. The first-order valence-electron chi connectivity index (χ1n) is 5.69. The number of rotatable bonds is 6. The van der Waals surface area contributed by atoms with Crippen LogP contribution in [0.5, 0.6) is 0 Å². The van der Waals surface area contributed by atoms with Crippen LogP contribution in [0.25, 0.3) is 0 Å². The molecular formula is C13H16ClN3OS. The molecule has 2 aromatic rings. The number of aromatic amines is 1. The van der Waals surface area contributed by atoms with Gasteiger partial charge in [-0.25, -0.2) is 4.98 Å². The van der Waals surface area contributed by atoms with E-state index in [4.69, 9.17) is 5.73 Å². The number of nitrogens with two attached hydrogens (primary N) is 1. The van der Waals surface area contributed by atoms with Crippen molar-refractivity contribution in [3.05, 3.63) is 48.5 Å². The fourth-order valence-corrected chi connectivity index (χ4v) is 2.40. The minimum atomic E-state index is -0.471. The van der Waals surface area contributed by atoms with Gasteiger partial charge in [-0.05, 0) is 12.1 Å². The maximum absolute atomic E-state index is 11.9. The summed E-state index contributed by atoms with van der Waals surface area (Å²) in [7, 11) is 0. The zero-order valence-electron chi connectivity index (χ0n) is 10.3. The molecule has 0 aliphatic carbocycles. The van der Waals surface area contributed by atoms with Gasteiger partial charge in [0, 0.05) is 23.2 Å². The minimum Gasteiger partial charge on any atom is -0.348 e. The second-order valence-electron chi connectivity index (χ2n) is 3.96. The van der Waals surface area contributed by atoms with E-state index in [1.54, 1.807) is 12.5 Å². The highest BCUT2D eigenvalue weighted by molar-refractivity contribution is 8.00. The number of thioether (sulfide) groups is 1. The summed E-state index contributed by atoms with van der Waals surface area (Å²) in [5, 5.41) is 0. The zero-order valence-corrected chi connectivity index (χ0v) is 11.9. The minimum absolute atomic E-state index is 0. The van der Waals surface area contributed by atoms with Gasteiger partial charge in [-0.2, -0.15) is 0 Å². The van der Waals surface area contributed by atoms with Crippen molar-refractivity contribution in [1.82, 2.24) is 9.97 Å². The van der Waals surface area contributed by atoms with Gasteiger partial charge in [0.25, 0.3) is 0 Å². The van der Waals surface area contributed by atoms with E-state index in [0.29, 0.717) is 12.2 Å². The Hall–Kier alpha value is -1.30. The molecule has 1 aromatic heterocycles. The summed E-state index contributed by atoms with van der Waals surface area (Å²) in [5.74, 6) is 0.456. The number of nitrogens with one attached hydrogen (secondary N) is 1. The third-order valence-electron chi connectivity index (χ3n) is 2.53. The van der Waals surface area contributed by atoms with E-state index in [0.717, 1.165) is 10.6 Å². The van der Waals surface area contributed by atoms with Gasteiger partial charge in [0.05, 0.1) is 18.1 Å². The lowest BCUT2D eigenvalue weighted by Gasteiger charge is -2.08. The summed E-state index contributed by atoms with van der Waals surface area (Å²) in [4.78, 5) is 19.8. The molecule has 0 saturated carbocycles. The van der Waals surface area contributed by atoms with Crippen LogP contribution < -0.4 is 5.73 Å². The normalized spacial score (nSPS) is 11.6. The number of halogens is 1. The SMILES string of the molecule is Cl.N[C@@H](Cc1cnc[nH]1)C(=O)CSc1ccccc1. The van der Waals surface area contributed by atoms with Crippen LogP contribution in [0.4, 0.5) is 0 Å². The van der Waals surface area contributed by atoms with Crippen molar-refractivity contribution in [2.75, 3.05) is 5.75 Å². The van der Waals surface area contributed by atoms with Gasteiger partial charge in [-0.3, -0.25) is 4.79 Å². The third-order valence-corrected chi connectivity index (χ3v) is 3.57. The van der Waals surface area contributed by atoms with Crippen molar-refractivity contribution in [3.63, 3.8) is 0 Å². The molecule has 0 aliphatic heterocycles. The van der Waals surface area contributed by atoms with Gasteiger partial charge in [-0.1, -0.05) is 18.2 Å². The number of carbonyl (C=O) groups is 1. The number of aromatic nitrogens is 2. The molecule has 4 nitrogen and oxygen atoms in total. The summed E-state index contributed by atoms with van der Waals surface area (Å²) < 4.78 is 0. The molecule has 2 rings (SSSR count). The topological polar surface area (TPSA) is 71.8 Å². The number of nitrogens with zero attached hydrogens (tertiary/aromatic N) is 1. The average Bonchev–Trinajstić information content (AvgIpc) is 2.90. The summed E-state index contributed by atoms with van der Waals surface area (Å²) in [6.07, 6.45) is 3.79. The molecule has 3 N–H and O–H groups in total. The Labute approximate surface area is 122 Å². The fourth-order valence-electron chi connectivity index (χ4n) is 1.53. The predicted octanol–water partition coefficient (Wildman–Crippen LogP) is 2.06. The summed E-state index contributed by atoms with van der Waals surface area (Å²) in [6.45, 7) is 0. The van der Waals surface area contributed by atoms with Crippen molar-refractivity contribution < 1.29 is 4.79 Å². The number of hydrogen-bond donors (Lipinski definition) is 2. The molecule has 0 saturated heterocycles. The van der Waals surface area contributed by atoms with Gasteiger partial charge in [0.2, 0.25) is 0 Å². The molecule has 6 heteroatoms. The maximum Gasteiger partial charge on any atom is 0.160 e. The largest absolute Gasteiger partial charge is 0.348 e. The number of hydrogen-bond acceptors (Lipinski definition) is 4. The highest BCUT2D eigenvalue weighted by atomic mass is 35.5. The van der Waals surface area contributed by atoms with E-state index in [1.165, 1.54) is 11.8 Å². The van der Waals surface area contributed by atoms with Crippen LogP contribution in [0.15, 0.2) is 47.8 Å². The monoisotopic (exact) mass is 297 g/mol. The average molecular weight is 298 g/mol. The highest BCUT2D eigenvalue weighted by Gasteiger charge is 2.14. The Kier molecular flexibility index (Phi) is 6.62. The zero-order chi connectivity index (χ0) is 12.8. The van der Waals surface area contributed by atoms with E-state index >= 15 is 0 Å². The van der Waals surface area contributed by atoms with Crippen LogP contribution in [0.2, 0.25) is 0 Å². The van der Waals surface area contributed by atoms with E-state index in [2.05, 4.69) is 9.97 Å². The molecule has 0 amide bonds. The lowest BCUT2D eigenvalue weighted by atomic mass is 10.1. The summed E-state index contributed by atoms with van der Waals surface area (Å²) in [5.41, 5.74) is 6.75. The van der Waals surface area contributed by atoms with Crippen LogP contribution in [0.3, 0.4) is 0 Å². The highest BCUT2D eigenvalue weighted by Crippen LogP contribution is 2.17. The van der Waals surface area contributed by atoms with E-state index in [9.17, 15) is 4.79 Å². The first-order chi connectivity index (χ1) is 8.75. The smallest absolute Gasteiger partial charge is 0.160 e. The van der Waals surface area contributed by atoms with Crippen molar-refractivity contribution >= 4 is 30.0 Å². The van der Waals surface area contributed by atoms with Gasteiger partial charge < -0.3 is 10.7 Å². The Morgan fingerprint density at radius 2 is 2.11 bits per heavy atom. The second-order valence-corrected chi connectivity index (χ2v) is 5.00. The van der Waals surface area contributed by atoms with Crippen LogP contribution in [-0.4, -0.2) is 27.5 Å². The van der Waals surface area contributed by atoms with Gasteiger partial charge in [0.15, 0.2) is 5.78 Å². The number of imidazole rings is 1. The van der Waals surface area contributed by atoms with Crippen LogP contribution in [0, 0.1) is 0 Å². The molecule has 102 valence electrons. The number of benzene rings is 1. The molecule has 1 atom stereocenters. The van der Waals surface area contributed by atoms with E-state index in [1.807, 2.05) is 30.3 Å². The molecule has 0 bridgehead atoms.